The molecule has 0 aliphatic carbocycles. The van der Waals surface area contributed by atoms with Crippen LogP contribution >= 0.6 is 15.9 Å². The van der Waals surface area contributed by atoms with Gasteiger partial charge in [-0.25, -0.2) is 8.42 Å². The molecule has 1 aliphatic heterocycles. The number of anilines is 1. The van der Waals surface area contributed by atoms with Crippen LogP contribution in [0, 0.1) is 6.92 Å². The quantitative estimate of drug-likeness (QED) is 0.191. The molecule has 4 aromatic carbocycles. The normalized spacial score (nSPS) is 14.5. The van der Waals surface area contributed by atoms with Crippen LogP contribution in [0.4, 0.5) is 5.88 Å². The van der Waals surface area contributed by atoms with Gasteiger partial charge in [-0.1, -0.05) is 94.8 Å². The molecule has 1 aliphatic rings. The van der Waals surface area contributed by atoms with Gasteiger partial charge in [-0.15, -0.1) is 0 Å². The number of aryl methyl sites for hydroxylation is 1. The van der Waals surface area contributed by atoms with E-state index in [0.29, 0.717) is 24.9 Å². The van der Waals surface area contributed by atoms with Crippen LogP contribution < -0.4 is 4.90 Å². The first-order valence-corrected chi connectivity index (χ1v) is 15.9. The van der Waals surface area contributed by atoms with Crippen molar-refractivity contribution in [2.45, 2.75) is 22.9 Å². The lowest BCUT2D eigenvalue weighted by molar-refractivity contribution is 0.209. The Balaban J connectivity index is 1.35. The zero-order chi connectivity index (χ0) is 28.4. The Morgan fingerprint density at radius 3 is 1.90 bits per heavy atom. The maximum Gasteiger partial charge on any atom is 0.236 e. The summed E-state index contributed by atoms with van der Waals surface area (Å²) in [7, 11) is -3.93. The molecule has 0 amide bonds. The van der Waals surface area contributed by atoms with Gasteiger partial charge in [0.2, 0.25) is 26.6 Å². The van der Waals surface area contributed by atoms with E-state index in [4.69, 9.17) is 4.42 Å². The number of sulfone groups is 1. The minimum absolute atomic E-state index is 0.0470. The first-order chi connectivity index (χ1) is 19.9. The maximum absolute atomic E-state index is 13.9. The van der Waals surface area contributed by atoms with Gasteiger partial charge in [0.1, 0.15) is 0 Å². The number of hydrogen-bond donors (Lipinski definition) is 0. The number of halogens is 1. The lowest BCUT2D eigenvalue weighted by Crippen LogP contribution is -2.48. The summed E-state index contributed by atoms with van der Waals surface area (Å²) in [5, 5.41) is -0.0470. The summed E-state index contributed by atoms with van der Waals surface area (Å²) >= 11 is 3.40. The summed E-state index contributed by atoms with van der Waals surface area (Å²) < 4.78 is 34.9. The van der Waals surface area contributed by atoms with Crippen LogP contribution in [0.15, 0.2) is 128 Å². The van der Waals surface area contributed by atoms with Gasteiger partial charge < -0.3 is 9.32 Å². The topological polar surface area (TPSA) is 66.7 Å². The molecular formula is C33H30BrN3O3S. The molecular weight excluding hydrogens is 598 g/mol. The van der Waals surface area contributed by atoms with Gasteiger partial charge in [0, 0.05) is 36.2 Å². The van der Waals surface area contributed by atoms with E-state index in [1.165, 1.54) is 11.1 Å². The van der Waals surface area contributed by atoms with Crippen LogP contribution in [-0.4, -0.2) is 44.5 Å². The Kier molecular flexibility index (Phi) is 7.79. The highest BCUT2D eigenvalue weighted by Gasteiger charge is 2.34. The molecule has 208 valence electrons. The van der Waals surface area contributed by atoms with E-state index in [-0.39, 0.29) is 16.0 Å². The number of oxazole rings is 1. The SMILES string of the molecule is Cc1ccccc1-c1nc(S(=O)(=O)c2ccc(Br)cc2)c(N2CCN(C(c3ccccc3)c3ccccc3)CC2)o1. The fourth-order valence-electron chi connectivity index (χ4n) is 5.39. The molecule has 5 aromatic rings. The van der Waals surface area contributed by atoms with Crippen molar-refractivity contribution in [1.82, 2.24) is 9.88 Å². The van der Waals surface area contributed by atoms with Crippen LogP contribution in [0.1, 0.15) is 22.7 Å². The molecule has 6 nitrogen and oxygen atoms in total. The molecule has 0 spiro atoms. The Bertz CT molecular complexity index is 1690. The van der Waals surface area contributed by atoms with E-state index in [0.717, 1.165) is 28.7 Å². The van der Waals surface area contributed by atoms with Gasteiger partial charge in [-0.2, -0.15) is 4.98 Å². The second-order valence-electron chi connectivity index (χ2n) is 10.1. The third kappa shape index (κ3) is 5.60. The largest absolute Gasteiger partial charge is 0.419 e. The number of nitrogens with zero attached hydrogens (tertiary/aromatic N) is 3. The maximum atomic E-state index is 13.9. The summed E-state index contributed by atoms with van der Waals surface area (Å²) in [4.78, 5) is 9.26. The van der Waals surface area contributed by atoms with Crippen LogP contribution in [0.2, 0.25) is 0 Å². The fraction of sp³-hybridized carbons (Fsp3) is 0.182. The second kappa shape index (κ2) is 11.6. The Morgan fingerprint density at radius 1 is 0.756 bits per heavy atom. The van der Waals surface area contributed by atoms with Crippen molar-refractivity contribution in [3.63, 3.8) is 0 Å². The number of piperazine rings is 1. The summed E-state index contributed by atoms with van der Waals surface area (Å²) in [6.45, 7) is 4.62. The highest BCUT2D eigenvalue weighted by Crippen LogP contribution is 2.37. The molecule has 0 saturated carbocycles. The average molecular weight is 629 g/mol. The van der Waals surface area contributed by atoms with E-state index in [2.05, 4.69) is 74.3 Å². The Hall–Kier alpha value is -3.72. The molecule has 2 heterocycles. The van der Waals surface area contributed by atoms with Crippen molar-refractivity contribution >= 4 is 31.7 Å². The standard InChI is InChI=1S/C33H30BrN3O3S/c1-24-10-8-9-15-29(24)31-35-32(41(38,39)28-18-16-27(34)17-19-28)33(40-31)37-22-20-36(21-23-37)30(25-11-4-2-5-12-25)26-13-6-3-7-14-26/h2-19,30H,20-23H2,1H3. The fourth-order valence-corrected chi connectivity index (χ4v) is 6.98. The minimum Gasteiger partial charge on any atom is -0.419 e. The van der Waals surface area contributed by atoms with Crippen LogP contribution in [0.5, 0.6) is 0 Å². The second-order valence-corrected chi connectivity index (χ2v) is 12.9. The molecule has 1 aromatic heterocycles. The monoisotopic (exact) mass is 627 g/mol. The third-order valence-electron chi connectivity index (χ3n) is 7.53. The molecule has 6 rings (SSSR count). The van der Waals surface area contributed by atoms with Gasteiger partial charge in [0.25, 0.3) is 0 Å². The zero-order valence-electron chi connectivity index (χ0n) is 22.7. The van der Waals surface area contributed by atoms with Crippen LogP contribution in [-0.2, 0) is 9.84 Å². The van der Waals surface area contributed by atoms with Crippen molar-refractivity contribution in [1.29, 1.82) is 0 Å². The van der Waals surface area contributed by atoms with Gasteiger partial charge in [0.15, 0.2) is 0 Å². The van der Waals surface area contributed by atoms with Gasteiger partial charge in [-0.3, -0.25) is 4.90 Å². The van der Waals surface area contributed by atoms with Gasteiger partial charge in [-0.05, 0) is 53.9 Å². The Labute approximate surface area is 249 Å². The van der Waals surface area contributed by atoms with E-state index in [9.17, 15) is 8.42 Å². The van der Waals surface area contributed by atoms with Crippen molar-refractivity contribution < 1.29 is 12.8 Å². The van der Waals surface area contributed by atoms with Crippen molar-refractivity contribution in [3.8, 4) is 11.5 Å². The zero-order valence-corrected chi connectivity index (χ0v) is 25.1. The van der Waals surface area contributed by atoms with E-state index < -0.39 is 9.84 Å². The highest BCUT2D eigenvalue weighted by atomic mass is 79.9. The molecule has 0 radical (unpaired) electrons. The predicted octanol–water partition coefficient (Wildman–Crippen LogP) is 7.16. The molecule has 8 heteroatoms. The summed E-state index contributed by atoms with van der Waals surface area (Å²) in [6, 6.07) is 35.5. The molecule has 1 saturated heterocycles. The molecule has 1 fully saturated rings. The predicted molar refractivity (Wildman–Crippen MR) is 165 cm³/mol. The Morgan fingerprint density at radius 2 is 1.32 bits per heavy atom. The van der Waals surface area contributed by atoms with Crippen LogP contribution in [0.3, 0.4) is 0 Å². The summed E-state index contributed by atoms with van der Waals surface area (Å²) in [5.74, 6) is 0.601. The molecule has 0 atom stereocenters. The third-order valence-corrected chi connectivity index (χ3v) is 9.73. The number of rotatable bonds is 7. The van der Waals surface area contributed by atoms with Gasteiger partial charge in [0.05, 0.1) is 10.9 Å². The van der Waals surface area contributed by atoms with Crippen molar-refractivity contribution in [2.24, 2.45) is 0 Å². The van der Waals surface area contributed by atoms with Gasteiger partial charge >= 0.3 is 0 Å². The number of benzene rings is 4. The lowest BCUT2D eigenvalue weighted by atomic mass is 9.96. The minimum atomic E-state index is -3.93. The summed E-state index contributed by atoms with van der Waals surface area (Å²) in [5.41, 5.74) is 4.20. The van der Waals surface area contributed by atoms with Crippen molar-refractivity contribution in [3.05, 3.63) is 130 Å². The molecule has 0 bridgehead atoms. The summed E-state index contributed by atoms with van der Waals surface area (Å²) in [6.07, 6.45) is 0. The molecule has 41 heavy (non-hydrogen) atoms. The molecule has 0 unspecified atom stereocenters. The first-order valence-electron chi connectivity index (χ1n) is 13.6. The van der Waals surface area contributed by atoms with E-state index >= 15 is 0 Å². The highest BCUT2D eigenvalue weighted by molar-refractivity contribution is 9.10. The first kappa shape index (κ1) is 27.4. The lowest BCUT2D eigenvalue weighted by Gasteiger charge is -2.39. The number of hydrogen-bond acceptors (Lipinski definition) is 6. The average Bonchev–Trinajstić information content (AvgIpc) is 3.46. The smallest absolute Gasteiger partial charge is 0.236 e. The van der Waals surface area contributed by atoms with Crippen LogP contribution in [0.25, 0.3) is 11.5 Å². The molecule has 0 N–H and O–H groups in total. The van der Waals surface area contributed by atoms with E-state index in [1.54, 1.807) is 24.3 Å². The van der Waals surface area contributed by atoms with E-state index in [1.807, 2.05) is 48.2 Å². The number of aromatic nitrogens is 1. The van der Waals surface area contributed by atoms with Crippen molar-refractivity contribution in [2.75, 3.05) is 31.1 Å².